The van der Waals surface area contributed by atoms with E-state index < -0.39 is 0 Å². The Hall–Kier alpha value is -0.0800. The van der Waals surface area contributed by atoms with Crippen molar-refractivity contribution in [1.29, 1.82) is 0 Å². The molecule has 0 spiro atoms. The number of rotatable bonds is 6. The van der Waals surface area contributed by atoms with Crippen molar-refractivity contribution >= 4 is 0 Å². The Morgan fingerprint density at radius 2 is 1.91 bits per heavy atom. The van der Waals surface area contributed by atoms with Crippen LogP contribution in [0, 0.1) is 5.92 Å². The molecule has 0 aliphatic heterocycles. The highest BCUT2D eigenvalue weighted by atomic mass is 15.2. The predicted octanol–water partition coefficient (Wildman–Crippen LogP) is 2.05. The van der Waals surface area contributed by atoms with Crippen molar-refractivity contribution in [2.75, 3.05) is 0 Å². The van der Waals surface area contributed by atoms with Crippen LogP contribution in [-0.2, 0) is 0 Å². The lowest BCUT2D eigenvalue weighted by molar-refractivity contribution is 0.372. The summed E-state index contributed by atoms with van der Waals surface area (Å²) in [6.07, 6.45) is 5.12. The van der Waals surface area contributed by atoms with Gasteiger partial charge in [-0.1, -0.05) is 40.0 Å². The monoisotopic (exact) mass is 158 g/mol. The van der Waals surface area contributed by atoms with E-state index in [-0.39, 0.29) is 0 Å². The van der Waals surface area contributed by atoms with Crippen LogP contribution < -0.4 is 11.3 Å². The maximum Gasteiger partial charge on any atom is 0.0233 e. The molecule has 0 saturated carbocycles. The number of unbranched alkanes of at least 4 members (excludes halogenated alkanes) is 2. The van der Waals surface area contributed by atoms with Crippen LogP contribution in [0.2, 0.25) is 0 Å². The molecule has 0 fully saturated rings. The first kappa shape index (κ1) is 10.9. The third-order valence-electron chi connectivity index (χ3n) is 2.14. The molecule has 0 aromatic carbocycles. The molecule has 2 heteroatoms. The van der Waals surface area contributed by atoms with Crippen LogP contribution in [0.5, 0.6) is 0 Å². The second-order valence-corrected chi connectivity index (χ2v) is 3.51. The zero-order chi connectivity index (χ0) is 8.69. The van der Waals surface area contributed by atoms with Crippen LogP contribution in [0.1, 0.15) is 46.5 Å². The van der Waals surface area contributed by atoms with E-state index in [4.69, 9.17) is 5.84 Å². The van der Waals surface area contributed by atoms with Gasteiger partial charge >= 0.3 is 0 Å². The van der Waals surface area contributed by atoms with Gasteiger partial charge < -0.3 is 0 Å². The third kappa shape index (κ3) is 5.22. The predicted molar refractivity (Wildman–Crippen MR) is 50.1 cm³/mol. The summed E-state index contributed by atoms with van der Waals surface area (Å²) in [5, 5.41) is 0. The van der Waals surface area contributed by atoms with Crippen molar-refractivity contribution < 1.29 is 0 Å². The van der Waals surface area contributed by atoms with E-state index in [1.54, 1.807) is 0 Å². The topological polar surface area (TPSA) is 38.0 Å². The van der Waals surface area contributed by atoms with Gasteiger partial charge in [-0.2, -0.15) is 0 Å². The van der Waals surface area contributed by atoms with Crippen LogP contribution in [-0.4, -0.2) is 6.04 Å². The molecule has 0 aromatic heterocycles. The summed E-state index contributed by atoms with van der Waals surface area (Å²) in [4.78, 5) is 0. The SMILES string of the molecule is CCCCCC(NN)C(C)C. The highest BCUT2D eigenvalue weighted by Gasteiger charge is 2.09. The van der Waals surface area contributed by atoms with Crippen molar-refractivity contribution in [1.82, 2.24) is 5.43 Å². The fraction of sp³-hybridized carbons (Fsp3) is 1.00. The highest BCUT2D eigenvalue weighted by Crippen LogP contribution is 2.09. The molecule has 0 rings (SSSR count). The van der Waals surface area contributed by atoms with Crippen LogP contribution >= 0.6 is 0 Å². The fourth-order valence-corrected chi connectivity index (χ4v) is 1.22. The van der Waals surface area contributed by atoms with Gasteiger partial charge in [0.05, 0.1) is 0 Å². The Morgan fingerprint density at radius 1 is 1.27 bits per heavy atom. The normalized spacial score (nSPS) is 13.9. The second-order valence-electron chi connectivity index (χ2n) is 3.51. The first-order valence-corrected chi connectivity index (χ1v) is 4.68. The van der Waals surface area contributed by atoms with Crippen molar-refractivity contribution in [2.24, 2.45) is 11.8 Å². The molecule has 68 valence electrons. The number of nitrogens with one attached hydrogen (secondary N) is 1. The highest BCUT2D eigenvalue weighted by molar-refractivity contribution is 4.66. The van der Waals surface area contributed by atoms with Crippen LogP contribution in [0.25, 0.3) is 0 Å². The van der Waals surface area contributed by atoms with E-state index in [0.29, 0.717) is 12.0 Å². The van der Waals surface area contributed by atoms with Gasteiger partial charge in [-0.15, -0.1) is 0 Å². The second kappa shape index (κ2) is 6.62. The Labute approximate surface area is 70.5 Å². The zero-order valence-corrected chi connectivity index (χ0v) is 8.06. The van der Waals surface area contributed by atoms with Gasteiger partial charge in [0.1, 0.15) is 0 Å². The summed E-state index contributed by atoms with van der Waals surface area (Å²) in [6, 6.07) is 0.501. The largest absolute Gasteiger partial charge is 0.271 e. The molecule has 0 heterocycles. The van der Waals surface area contributed by atoms with Crippen molar-refractivity contribution in [3.8, 4) is 0 Å². The lowest BCUT2D eigenvalue weighted by atomic mass is 9.99. The molecule has 1 atom stereocenters. The van der Waals surface area contributed by atoms with Gasteiger partial charge in [-0.05, 0) is 12.3 Å². The van der Waals surface area contributed by atoms with Crippen molar-refractivity contribution in [2.45, 2.75) is 52.5 Å². The van der Waals surface area contributed by atoms with Gasteiger partial charge in [-0.25, -0.2) is 0 Å². The standard InChI is InChI=1S/C9H22N2/c1-4-5-6-7-9(11-10)8(2)3/h8-9,11H,4-7,10H2,1-3H3. The van der Waals surface area contributed by atoms with E-state index in [1.165, 1.54) is 25.7 Å². The smallest absolute Gasteiger partial charge is 0.0233 e. The van der Waals surface area contributed by atoms with Gasteiger partial charge in [0.15, 0.2) is 0 Å². The number of hydrogen-bond donors (Lipinski definition) is 2. The molecule has 0 radical (unpaired) electrons. The first-order chi connectivity index (χ1) is 5.22. The van der Waals surface area contributed by atoms with Gasteiger partial charge in [0, 0.05) is 6.04 Å². The Balaban J connectivity index is 3.36. The van der Waals surface area contributed by atoms with Crippen molar-refractivity contribution in [3.63, 3.8) is 0 Å². The summed E-state index contributed by atoms with van der Waals surface area (Å²) >= 11 is 0. The number of nitrogens with two attached hydrogens (primary N) is 1. The molecule has 0 bridgehead atoms. The minimum Gasteiger partial charge on any atom is -0.271 e. The van der Waals surface area contributed by atoms with E-state index in [0.717, 1.165) is 0 Å². The molecule has 3 N–H and O–H groups in total. The Kier molecular flexibility index (Phi) is 6.57. The van der Waals surface area contributed by atoms with Crippen LogP contribution in [0.3, 0.4) is 0 Å². The summed E-state index contributed by atoms with van der Waals surface area (Å²) in [6.45, 7) is 6.63. The maximum atomic E-state index is 5.41. The van der Waals surface area contributed by atoms with Gasteiger partial charge in [0.2, 0.25) is 0 Å². The molecule has 2 nitrogen and oxygen atoms in total. The van der Waals surface area contributed by atoms with Crippen molar-refractivity contribution in [3.05, 3.63) is 0 Å². The molecule has 1 unspecified atom stereocenters. The number of hydrazine groups is 1. The average molecular weight is 158 g/mol. The summed E-state index contributed by atoms with van der Waals surface area (Å²) in [7, 11) is 0. The maximum absolute atomic E-state index is 5.41. The molecule has 0 amide bonds. The molecular formula is C9H22N2. The Morgan fingerprint density at radius 3 is 2.27 bits per heavy atom. The van der Waals surface area contributed by atoms with Gasteiger partial charge in [0.25, 0.3) is 0 Å². The van der Waals surface area contributed by atoms with E-state index in [1.807, 2.05) is 0 Å². The molecule has 0 aliphatic carbocycles. The average Bonchev–Trinajstić information content (AvgIpc) is 1.97. The van der Waals surface area contributed by atoms with Crippen LogP contribution in [0.4, 0.5) is 0 Å². The lowest BCUT2D eigenvalue weighted by Crippen LogP contribution is -2.38. The molecular weight excluding hydrogens is 136 g/mol. The van der Waals surface area contributed by atoms with E-state index >= 15 is 0 Å². The lowest BCUT2D eigenvalue weighted by Gasteiger charge is -2.19. The van der Waals surface area contributed by atoms with Gasteiger partial charge in [-0.3, -0.25) is 11.3 Å². The number of hydrogen-bond acceptors (Lipinski definition) is 2. The minimum absolute atomic E-state index is 0.501. The third-order valence-corrected chi connectivity index (χ3v) is 2.14. The summed E-state index contributed by atoms with van der Waals surface area (Å²) in [5.41, 5.74) is 2.86. The molecule has 0 aromatic rings. The first-order valence-electron chi connectivity index (χ1n) is 4.68. The zero-order valence-electron chi connectivity index (χ0n) is 8.06. The quantitative estimate of drug-likeness (QED) is 0.353. The minimum atomic E-state index is 0.501. The fourth-order valence-electron chi connectivity index (χ4n) is 1.22. The Bertz CT molecular complexity index is 81.6. The van der Waals surface area contributed by atoms with E-state index in [2.05, 4.69) is 26.2 Å². The molecule has 11 heavy (non-hydrogen) atoms. The van der Waals surface area contributed by atoms with Crippen LogP contribution in [0.15, 0.2) is 0 Å². The summed E-state index contributed by atoms with van der Waals surface area (Å²) in [5.74, 6) is 6.06. The summed E-state index contributed by atoms with van der Waals surface area (Å²) < 4.78 is 0. The molecule has 0 aliphatic rings. The molecule has 0 saturated heterocycles. The van der Waals surface area contributed by atoms with E-state index in [9.17, 15) is 0 Å².